The van der Waals surface area contributed by atoms with Crippen LogP contribution < -0.4 is 21.5 Å². The maximum absolute atomic E-state index is 15.0. The summed E-state index contributed by atoms with van der Waals surface area (Å²) >= 11 is 6.30. The van der Waals surface area contributed by atoms with Crippen molar-refractivity contribution >= 4 is 29.1 Å². The number of ether oxygens (including phenoxy) is 1. The molecule has 4 aromatic rings. The molecule has 2 amide bonds. The van der Waals surface area contributed by atoms with Gasteiger partial charge in [0.25, 0.3) is 11.8 Å². The zero-order valence-corrected chi connectivity index (χ0v) is 25.6. The Bertz CT molecular complexity index is 2050. The average molecular weight is 646 g/mol. The number of amides is 2. The monoisotopic (exact) mass is 645 g/mol. The fraction of sp³-hybridized carbons (Fsp3) is 0.273. The number of aromatic hydroxyl groups is 1. The van der Waals surface area contributed by atoms with Crippen LogP contribution in [-0.4, -0.2) is 42.5 Å². The largest absolute Gasteiger partial charge is 0.504 e. The average Bonchev–Trinajstić information content (AvgIpc) is 3.40. The Morgan fingerprint density at radius 3 is 2.43 bits per heavy atom. The van der Waals surface area contributed by atoms with Crippen molar-refractivity contribution in [1.82, 2.24) is 18.9 Å². The Morgan fingerprint density at radius 1 is 1.02 bits per heavy atom. The number of hydrogen-bond acceptors (Lipinski definition) is 7. The van der Waals surface area contributed by atoms with Gasteiger partial charge in [-0.3, -0.25) is 15.0 Å². The predicted octanol–water partition coefficient (Wildman–Crippen LogP) is 3.86. The summed E-state index contributed by atoms with van der Waals surface area (Å²) in [6.07, 6.45) is 1.86. The van der Waals surface area contributed by atoms with Gasteiger partial charge < -0.3 is 9.84 Å². The number of imide groups is 1. The minimum atomic E-state index is -1.56. The molecule has 2 aliphatic heterocycles. The normalized spacial score (nSPS) is 23.4. The highest BCUT2D eigenvalue weighted by Crippen LogP contribution is 2.62. The summed E-state index contributed by atoms with van der Waals surface area (Å²) < 4.78 is 23.2. The summed E-state index contributed by atoms with van der Waals surface area (Å²) in [6.45, 7) is 2.10. The highest BCUT2D eigenvalue weighted by atomic mass is 35.5. The van der Waals surface area contributed by atoms with Crippen LogP contribution in [0.3, 0.4) is 0 Å². The first kappa shape index (κ1) is 29.6. The van der Waals surface area contributed by atoms with Gasteiger partial charge >= 0.3 is 11.4 Å². The molecule has 13 heteroatoms. The van der Waals surface area contributed by atoms with Crippen LogP contribution in [0.2, 0.25) is 5.02 Å². The zero-order valence-electron chi connectivity index (χ0n) is 24.8. The molecule has 1 aromatic heterocycles. The molecule has 3 heterocycles. The van der Waals surface area contributed by atoms with Gasteiger partial charge in [-0.15, -0.1) is 0 Å². The SMILES string of the molecule is CCOc1cc(C2C3=CCn4c(=O)n(C)c(=O)n4C3CC3C(=O)N(Nc4ccc(F)cc4)C(=O)C32c2ccc(Cl)cc2)ccc1O. The fourth-order valence-corrected chi connectivity index (χ4v) is 7.51. The van der Waals surface area contributed by atoms with Gasteiger partial charge in [0.2, 0.25) is 0 Å². The first-order valence-electron chi connectivity index (χ1n) is 14.8. The molecule has 46 heavy (non-hydrogen) atoms. The van der Waals surface area contributed by atoms with Crippen LogP contribution in [0, 0.1) is 11.7 Å². The minimum absolute atomic E-state index is 0.0247. The molecule has 4 unspecified atom stereocenters. The predicted molar refractivity (Wildman–Crippen MR) is 166 cm³/mol. The van der Waals surface area contributed by atoms with Crippen LogP contribution in [0.15, 0.2) is 88.0 Å². The zero-order chi connectivity index (χ0) is 32.5. The molecule has 3 aliphatic rings. The Balaban J connectivity index is 1.51. The smallest absolute Gasteiger partial charge is 0.347 e. The fourth-order valence-electron chi connectivity index (χ4n) is 7.38. The molecule has 4 atom stereocenters. The number of carbonyl (C=O) groups excluding carboxylic acids is 2. The van der Waals surface area contributed by atoms with Gasteiger partial charge in [-0.05, 0) is 78.6 Å². The lowest BCUT2D eigenvalue weighted by molar-refractivity contribution is -0.138. The van der Waals surface area contributed by atoms with Crippen molar-refractivity contribution < 1.29 is 23.8 Å². The second-order valence-electron chi connectivity index (χ2n) is 11.6. The topological polar surface area (TPSA) is 128 Å². The van der Waals surface area contributed by atoms with Gasteiger partial charge in [-0.1, -0.05) is 35.9 Å². The number of anilines is 1. The summed E-state index contributed by atoms with van der Waals surface area (Å²) in [6, 6.07) is 16.0. The number of carbonyl (C=O) groups is 2. The van der Waals surface area contributed by atoms with Gasteiger partial charge in [0.05, 0.1) is 36.2 Å². The Kier molecular flexibility index (Phi) is 6.93. The van der Waals surface area contributed by atoms with E-state index in [2.05, 4.69) is 5.43 Å². The van der Waals surface area contributed by atoms with E-state index < -0.39 is 52.3 Å². The van der Waals surface area contributed by atoms with Crippen molar-refractivity contribution in [3.63, 3.8) is 0 Å². The van der Waals surface area contributed by atoms with Gasteiger partial charge in [0, 0.05) is 18.0 Å². The maximum Gasteiger partial charge on any atom is 0.347 e. The number of allylic oxidation sites excluding steroid dienone is 2. The standard InChI is InChI=1S/C33H29ClFN5O6/c1-3-46-27-16-18(4-13-26(27)41)28-23-14-15-38-31(44)37(2)32(45)40(38)25(23)17-24-29(42)39(36-22-11-9-21(35)10-12-22)30(43)33(24,28)19-5-7-20(34)8-6-19/h4-14,16,24-25,28,36,41H,3,15,17H2,1-2H3. The second-order valence-corrected chi connectivity index (χ2v) is 12.1. The van der Waals surface area contributed by atoms with E-state index in [0.29, 0.717) is 27.4 Å². The van der Waals surface area contributed by atoms with Crippen molar-refractivity contribution in [3.05, 3.63) is 121 Å². The number of fused-ring (bicyclic) bond motifs is 4. The molecular formula is C33H29ClFN5O6. The first-order chi connectivity index (χ1) is 22.1. The van der Waals surface area contributed by atoms with E-state index in [4.69, 9.17) is 16.3 Å². The lowest BCUT2D eigenvalue weighted by Gasteiger charge is -2.49. The van der Waals surface area contributed by atoms with Gasteiger partial charge in [0.1, 0.15) is 5.82 Å². The van der Waals surface area contributed by atoms with Crippen LogP contribution in [0.25, 0.3) is 0 Å². The summed E-state index contributed by atoms with van der Waals surface area (Å²) in [5.74, 6) is -3.40. The lowest BCUT2D eigenvalue weighted by atomic mass is 9.53. The number of halogens is 2. The number of aromatic nitrogens is 3. The molecule has 0 radical (unpaired) electrons. The summed E-state index contributed by atoms with van der Waals surface area (Å²) in [5, 5.41) is 12.0. The third-order valence-electron chi connectivity index (χ3n) is 9.33. The Labute approximate surface area is 266 Å². The number of hydrazine groups is 1. The molecule has 236 valence electrons. The molecule has 0 spiro atoms. The van der Waals surface area contributed by atoms with Crippen LogP contribution in [0.4, 0.5) is 10.1 Å². The second kappa shape index (κ2) is 10.8. The van der Waals surface area contributed by atoms with Gasteiger partial charge in [0.15, 0.2) is 11.5 Å². The lowest BCUT2D eigenvalue weighted by Crippen LogP contribution is -2.53. The minimum Gasteiger partial charge on any atom is -0.504 e. The molecular weight excluding hydrogens is 617 g/mol. The number of phenols is 1. The van der Waals surface area contributed by atoms with Crippen molar-refractivity contribution in [2.45, 2.75) is 37.3 Å². The number of nitrogens with zero attached hydrogens (tertiary/aromatic N) is 4. The highest BCUT2D eigenvalue weighted by molar-refractivity contribution is 6.30. The molecule has 1 saturated heterocycles. The van der Waals surface area contributed by atoms with E-state index in [1.54, 1.807) is 43.3 Å². The number of benzene rings is 3. The Hall–Kier alpha value is -5.10. The maximum atomic E-state index is 15.0. The molecule has 2 fully saturated rings. The van der Waals surface area contributed by atoms with Crippen molar-refractivity contribution in [1.29, 1.82) is 0 Å². The van der Waals surface area contributed by atoms with Crippen LogP contribution >= 0.6 is 11.6 Å². The van der Waals surface area contributed by atoms with Gasteiger partial charge in [-0.25, -0.2) is 27.9 Å². The van der Waals surface area contributed by atoms with E-state index in [9.17, 15) is 23.9 Å². The summed E-state index contributed by atoms with van der Waals surface area (Å²) in [7, 11) is 1.40. The quantitative estimate of drug-likeness (QED) is 0.241. The summed E-state index contributed by atoms with van der Waals surface area (Å²) in [5.41, 5.74) is 2.35. The Morgan fingerprint density at radius 2 is 1.74 bits per heavy atom. The number of nitrogens with one attached hydrogen (secondary N) is 1. The van der Waals surface area contributed by atoms with E-state index in [0.717, 1.165) is 9.58 Å². The van der Waals surface area contributed by atoms with Gasteiger partial charge in [-0.2, -0.15) is 5.01 Å². The first-order valence-corrected chi connectivity index (χ1v) is 15.2. The molecule has 11 nitrogen and oxygen atoms in total. The van der Waals surface area contributed by atoms with E-state index >= 15 is 4.79 Å². The molecule has 0 bridgehead atoms. The number of phenolic OH excluding ortho intramolecular Hbond substituents is 1. The number of hydrogen-bond donors (Lipinski definition) is 2. The number of rotatable bonds is 6. The molecule has 2 N–H and O–H groups in total. The molecule has 3 aromatic carbocycles. The van der Waals surface area contributed by atoms with Crippen LogP contribution in [0.1, 0.15) is 36.4 Å². The summed E-state index contributed by atoms with van der Waals surface area (Å²) in [4.78, 5) is 56.0. The van der Waals surface area contributed by atoms with E-state index in [1.165, 1.54) is 46.7 Å². The molecule has 1 aliphatic carbocycles. The molecule has 7 rings (SSSR count). The van der Waals surface area contributed by atoms with E-state index in [1.807, 2.05) is 6.08 Å². The van der Waals surface area contributed by atoms with Crippen molar-refractivity contribution in [2.75, 3.05) is 12.0 Å². The molecule has 1 saturated carbocycles. The van der Waals surface area contributed by atoms with Crippen molar-refractivity contribution in [3.8, 4) is 11.5 Å². The third-order valence-corrected chi connectivity index (χ3v) is 9.58. The van der Waals surface area contributed by atoms with Crippen LogP contribution in [-0.2, 0) is 28.6 Å². The highest BCUT2D eigenvalue weighted by Gasteiger charge is 2.68. The van der Waals surface area contributed by atoms with Crippen molar-refractivity contribution in [2.24, 2.45) is 13.0 Å². The third kappa shape index (κ3) is 4.16. The van der Waals surface area contributed by atoms with Crippen LogP contribution in [0.5, 0.6) is 11.5 Å². The van der Waals surface area contributed by atoms with E-state index in [-0.39, 0.29) is 31.1 Å².